The van der Waals surface area contributed by atoms with Crippen molar-refractivity contribution in [1.29, 1.82) is 0 Å². The summed E-state index contributed by atoms with van der Waals surface area (Å²) in [7, 11) is 1.45. The van der Waals surface area contributed by atoms with Crippen molar-refractivity contribution in [3.63, 3.8) is 0 Å². The molecule has 1 aliphatic rings. The average molecular weight is 565 g/mol. The fraction of sp³-hybridized carbons (Fsp3) is 0.0870. The molecule has 3 aromatic rings. The number of carbonyl (C=O) groups excluding carboxylic acids is 3. The summed E-state index contributed by atoms with van der Waals surface area (Å²) in [6.45, 7) is 0.157. The highest BCUT2D eigenvalue weighted by Gasteiger charge is 2.35. The zero-order valence-electron chi connectivity index (χ0n) is 17.0. The Morgan fingerprint density at radius 3 is 2.61 bits per heavy atom. The molecule has 1 aromatic heterocycles. The summed E-state index contributed by atoms with van der Waals surface area (Å²) in [6, 6.07) is 13.7. The number of carbonyl (C=O) groups is 3. The van der Waals surface area contributed by atoms with Crippen LogP contribution in [-0.4, -0.2) is 29.1 Å². The van der Waals surface area contributed by atoms with E-state index in [0.717, 1.165) is 17.3 Å². The Kier molecular flexibility index (Phi) is 7.23. The second-order valence-corrected chi connectivity index (χ2v) is 10.0. The Labute approximate surface area is 211 Å². The van der Waals surface area contributed by atoms with Crippen molar-refractivity contribution in [3.05, 3.63) is 84.3 Å². The molecule has 0 saturated carbocycles. The maximum absolute atomic E-state index is 12.9. The van der Waals surface area contributed by atoms with E-state index in [-0.39, 0.29) is 28.3 Å². The lowest BCUT2D eigenvalue weighted by Gasteiger charge is -2.13. The average Bonchev–Trinajstić information content (AvgIpc) is 3.42. The minimum atomic E-state index is -0.500. The maximum atomic E-state index is 12.9. The molecule has 0 radical (unpaired) electrons. The molecule has 0 spiro atoms. The first-order chi connectivity index (χ1) is 15.9. The number of hydrogen-bond donors (Lipinski definition) is 0. The second kappa shape index (κ2) is 10.1. The number of hydrogen-bond acceptors (Lipinski definition) is 7. The summed E-state index contributed by atoms with van der Waals surface area (Å²) < 4.78 is 11.4. The molecular weight excluding hydrogens is 550 g/mol. The second-order valence-electron chi connectivity index (χ2n) is 6.80. The van der Waals surface area contributed by atoms with Crippen molar-refractivity contribution >= 4 is 73.8 Å². The molecule has 10 heteroatoms. The van der Waals surface area contributed by atoms with Gasteiger partial charge >= 0.3 is 5.97 Å². The van der Waals surface area contributed by atoms with Crippen molar-refractivity contribution in [2.45, 2.75) is 6.54 Å². The van der Waals surface area contributed by atoms with E-state index >= 15 is 0 Å². The number of esters is 1. The molecule has 168 valence electrons. The van der Waals surface area contributed by atoms with Gasteiger partial charge in [0.1, 0.15) is 4.88 Å². The van der Waals surface area contributed by atoms with Gasteiger partial charge in [-0.1, -0.05) is 29.8 Å². The summed E-state index contributed by atoms with van der Waals surface area (Å²) in [5.41, 5.74) is 1.40. The number of rotatable bonds is 6. The number of imide groups is 1. The van der Waals surface area contributed by atoms with Crippen molar-refractivity contribution in [2.24, 2.45) is 0 Å². The highest BCUT2D eigenvalue weighted by Crippen LogP contribution is 2.40. The lowest BCUT2D eigenvalue weighted by molar-refractivity contribution is -0.123. The van der Waals surface area contributed by atoms with Gasteiger partial charge in [-0.2, -0.15) is 0 Å². The zero-order chi connectivity index (χ0) is 23.5. The van der Waals surface area contributed by atoms with E-state index in [0.29, 0.717) is 25.7 Å². The number of methoxy groups -OCH3 is 1. The monoisotopic (exact) mass is 563 g/mol. The van der Waals surface area contributed by atoms with Crippen LogP contribution in [0.5, 0.6) is 11.5 Å². The van der Waals surface area contributed by atoms with E-state index < -0.39 is 5.97 Å². The maximum Gasteiger partial charge on any atom is 0.353 e. The molecule has 1 saturated heterocycles. The molecule has 0 bridgehead atoms. The third-order valence-electron chi connectivity index (χ3n) is 4.59. The van der Waals surface area contributed by atoms with Crippen LogP contribution in [-0.2, 0) is 11.3 Å². The smallest absolute Gasteiger partial charge is 0.353 e. The zero-order valence-corrected chi connectivity index (χ0v) is 21.0. The fourth-order valence-corrected chi connectivity index (χ4v) is 5.12. The van der Waals surface area contributed by atoms with E-state index in [2.05, 4.69) is 15.9 Å². The minimum absolute atomic E-state index is 0.157. The first kappa shape index (κ1) is 23.6. The molecule has 0 N–H and O–H groups in total. The van der Waals surface area contributed by atoms with Gasteiger partial charge in [0.25, 0.3) is 11.1 Å². The van der Waals surface area contributed by atoms with E-state index in [1.165, 1.54) is 23.3 Å². The minimum Gasteiger partial charge on any atom is -0.493 e. The van der Waals surface area contributed by atoms with Crippen LogP contribution in [0.15, 0.2) is 63.3 Å². The summed E-state index contributed by atoms with van der Waals surface area (Å²) in [5, 5.41) is 2.01. The van der Waals surface area contributed by atoms with E-state index in [4.69, 9.17) is 21.1 Å². The highest BCUT2D eigenvalue weighted by molar-refractivity contribution is 9.10. The molecule has 33 heavy (non-hydrogen) atoms. The van der Waals surface area contributed by atoms with Crippen LogP contribution in [0.1, 0.15) is 20.8 Å². The largest absolute Gasteiger partial charge is 0.493 e. The summed E-state index contributed by atoms with van der Waals surface area (Å²) in [5.74, 6) is -0.354. The van der Waals surface area contributed by atoms with Gasteiger partial charge in [0, 0.05) is 5.02 Å². The Hall–Kier alpha value is -2.59. The predicted octanol–water partition coefficient (Wildman–Crippen LogP) is 6.63. The number of benzene rings is 2. The van der Waals surface area contributed by atoms with Crippen molar-refractivity contribution in [1.82, 2.24) is 4.90 Å². The topological polar surface area (TPSA) is 72.9 Å². The molecule has 0 atom stereocenters. The van der Waals surface area contributed by atoms with Crippen LogP contribution in [0.2, 0.25) is 5.02 Å². The number of nitrogens with zero attached hydrogens (tertiary/aromatic N) is 1. The first-order valence-corrected chi connectivity index (χ1v) is 12.4. The normalized spacial score (nSPS) is 14.8. The number of ether oxygens (including phenoxy) is 2. The van der Waals surface area contributed by atoms with Gasteiger partial charge in [0.05, 0.1) is 23.0 Å². The number of halogens is 2. The van der Waals surface area contributed by atoms with Gasteiger partial charge in [0.2, 0.25) is 0 Å². The number of thiophene rings is 1. The molecule has 6 nitrogen and oxygen atoms in total. The van der Waals surface area contributed by atoms with Gasteiger partial charge in [-0.25, -0.2) is 4.79 Å². The van der Waals surface area contributed by atoms with Crippen LogP contribution in [0.3, 0.4) is 0 Å². The molecular formula is C23H15BrClNO5S2. The Balaban J connectivity index is 1.56. The third kappa shape index (κ3) is 5.33. The lowest BCUT2D eigenvalue weighted by atomic mass is 10.1. The van der Waals surface area contributed by atoms with Gasteiger partial charge in [-0.15, -0.1) is 11.3 Å². The standard InChI is InChI=1S/C23H15BrClNO5S2/c1-30-17-10-14(9-16(24)20(17)31-22(28)18-3-2-8-32-18)11-19-21(27)26(23(29)33-19)12-13-4-6-15(25)7-5-13/h2-11H,12H2,1H3/b19-11-. The van der Waals surface area contributed by atoms with E-state index in [1.807, 2.05) is 0 Å². The Bertz CT molecular complexity index is 1260. The van der Waals surface area contributed by atoms with Crippen LogP contribution < -0.4 is 9.47 Å². The van der Waals surface area contributed by atoms with Crippen molar-refractivity contribution < 1.29 is 23.9 Å². The Morgan fingerprint density at radius 2 is 1.94 bits per heavy atom. The van der Waals surface area contributed by atoms with Crippen LogP contribution >= 0.6 is 50.6 Å². The van der Waals surface area contributed by atoms with Crippen molar-refractivity contribution in [2.75, 3.05) is 7.11 Å². The SMILES string of the molecule is COc1cc(/C=C2\SC(=O)N(Cc3ccc(Cl)cc3)C2=O)cc(Br)c1OC(=O)c1cccs1. The molecule has 2 heterocycles. The number of amides is 2. The highest BCUT2D eigenvalue weighted by atomic mass is 79.9. The van der Waals surface area contributed by atoms with E-state index in [9.17, 15) is 14.4 Å². The fourth-order valence-electron chi connectivity index (χ4n) is 3.02. The molecule has 1 aliphatic heterocycles. The number of thioether (sulfide) groups is 1. The summed E-state index contributed by atoms with van der Waals surface area (Å²) in [4.78, 5) is 39.6. The van der Waals surface area contributed by atoms with Crippen LogP contribution in [0, 0.1) is 0 Å². The summed E-state index contributed by atoms with van der Waals surface area (Å²) >= 11 is 11.4. The van der Waals surface area contributed by atoms with Gasteiger partial charge in [0.15, 0.2) is 11.5 Å². The molecule has 0 unspecified atom stereocenters. The molecule has 0 aliphatic carbocycles. The third-order valence-corrected chi connectivity index (χ3v) is 7.19. The van der Waals surface area contributed by atoms with E-state index in [1.54, 1.807) is 60.0 Å². The van der Waals surface area contributed by atoms with Gasteiger partial charge < -0.3 is 9.47 Å². The molecule has 1 fully saturated rings. The molecule has 2 amide bonds. The van der Waals surface area contributed by atoms with Crippen LogP contribution in [0.4, 0.5) is 4.79 Å². The van der Waals surface area contributed by atoms with Gasteiger partial charge in [-0.05, 0) is 80.6 Å². The summed E-state index contributed by atoms with van der Waals surface area (Å²) in [6.07, 6.45) is 1.60. The molecule has 2 aromatic carbocycles. The first-order valence-electron chi connectivity index (χ1n) is 9.48. The molecule has 4 rings (SSSR count). The van der Waals surface area contributed by atoms with Gasteiger partial charge in [-0.3, -0.25) is 14.5 Å². The predicted molar refractivity (Wildman–Crippen MR) is 133 cm³/mol. The van der Waals surface area contributed by atoms with Crippen LogP contribution in [0.25, 0.3) is 6.08 Å². The Morgan fingerprint density at radius 1 is 1.18 bits per heavy atom. The quantitative estimate of drug-likeness (QED) is 0.190. The van der Waals surface area contributed by atoms with Crippen molar-refractivity contribution in [3.8, 4) is 11.5 Å². The lowest BCUT2D eigenvalue weighted by Crippen LogP contribution is -2.27.